The average Bonchev–Trinajstić information content (AvgIpc) is 2.37. The highest BCUT2D eigenvalue weighted by molar-refractivity contribution is 6.45. The summed E-state index contributed by atoms with van der Waals surface area (Å²) in [7, 11) is 1.55. The van der Waals surface area contributed by atoms with Gasteiger partial charge in [-0.15, -0.1) is 0 Å². The van der Waals surface area contributed by atoms with Crippen LogP contribution in [0.5, 0.6) is 0 Å². The third-order valence-corrected chi connectivity index (χ3v) is 2.55. The highest BCUT2D eigenvalue weighted by atomic mass is 35.5. The number of aryl methyl sites for hydroxylation is 1. The summed E-state index contributed by atoms with van der Waals surface area (Å²) < 4.78 is 1.21. The zero-order valence-electron chi connectivity index (χ0n) is 6.64. The van der Waals surface area contributed by atoms with Gasteiger partial charge in [0.25, 0.3) is 5.56 Å². The van der Waals surface area contributed by atoms with Crippen LogP contribution in [0, 0.1) is 0 Å². The molecule has 0 atom stereocenters. The lowest BCUT2D eigenvalue weighted by Crippen LogP contribution is -2.18. The van der Waals surface area contributed by atoms with E-state index in [0.717, 1.165) is 0 Å². The van der Waals surface area contributed by atoms with Gasteiger partial charge in [0, 0.05) is 7.05 Å². The lowest BCUT2D eigenvalue weighted by atomic mass is 10.4. The fraction of sp³-hybridized carbons (Fsp3) is 0.143. The van der Waals surface area contributed by atoms with E-state index >= 15 is 0 Å². The number of nitrogens with zero attached hydrogens (tertiary/aromatic N) is 2. The first kappa shape index (κ1) is 8.59. The van der Waals surface area contributed by atoms with Crippen molar-refractivity contribution >= 4 is 34.1 Å². The summed E-state index contributed by atoms with van der Waals surface area (Å²) in [6.07, 6.45) is 1.51. The molecule has 0 aliphatic carbocycles. The predicted octanol–water partition coefficient (Wildman–Crippen LogP) is 1.57. The fourth-order valence-corrected chi connectivity index (χ4v) is 1.55. The number of nitrogens with one attached hydrogen (secondary N) is 1. The first-order valence-electron chi connectivity index (χ1n) is 3.50. The molecule has 0 bridgehead atoms. The molecule has 0 fully saturated rings. The first-order valence-corrected chi connectivity index (χ1v) is 4.26. The lowest BCUT2D eigenvalue weighted by Gasteiger charge is -1.94. The molecule has 13 heavy (non-hydrogen) atoms. The molecule has 0 radical (unpaired) electrons. The van der Waals surface area contributed by atoms with Crippen LogP contribution in [0.1, 0.15) is 0 Å². The van der Waals surface area contributed by atoms with Gasteiger partial charge in [-0.3, -0.25) is 4.79 Å². The van der Waals surface area contributed by atoms with E-state index in [1.54, 1.807) is 7.05 Å². The van der Waals surface area contributed by atoms with Crippen molar-refractivity contribution in [2.24, 2.45) is 7.05 Å². The summed E-state index contributed by atoms with van der Waals surface area (Å²) in [6.45, 7) is 0. The van der Waals surface area contributed by atoms with Gasteiger partial charge < -0.3 is 4.98 Å². The Labute approximate surface area is 83.1 Å². The largest absolute Gasteiger partial charge is 0.343 e. The maximum Gasteiger partial charge on any atom is 0.277 e. The summed E-state index contributed by atoms with van der Waals surface area (Å²) in [5.41, 5.74) is 0.295. The Balaban J connectivity index is 3.06. The minimum atomic E-state index is -0.259. The van der Waals surface area contributed by atoms with Crippen molar-refractivity contribution in [3.8, 4) is 0 Å². The van der Waals surface area contributed by atoms with Gasteiger partial charge in [-0.25, -0.2) is 4.68 Å². The van der Waals surface area contributed by atoms with Gasteiger partial charge in [0.05, 0.1) is 22.1 Å². The normalized spacial score (nSPS) is 11.0. The topological polar surface area (TPSA) is 50.7 Å². The number of rotatable bonds is 0. The van der Waals surface area contributed by atoms with E-state index in [9.17, 15) is 4.79 Å². The minimum absolute atomic E-state index is 0.250. The van der Waals surface area contributed by atoms with Crippen LogP contribution in [0.15, 0.2) is 11.0 Å². The third-order valence-electron chi connectivity index (χ3n) is 1.79. The second kappa shape index (κ2) is 2.75. The van der Waals surface area contributed by atoms with Gasteiger partial charge in [-0.1, -0.05) is 23.2 Å². The molecule has 0 spiro atoms. The molecule has 0 saturated carbocycles. The number of hydrogen-bond donors (Lipinski definition) is 1. The number of aromatic nitrogens is 3. The van der Waals surface area contributed by atoms with Crippen molar-refractivity contribution in [1.82, 2.24) is 14.8 Å². The fourth-order valence-electron chi connectivity index (χ4n) is 1.13. The molecule has 0 aliphatic heterocycles. The molecule has 4 nitrogen and oxygen atoms in total. The molecule has 68 valence electrons. The quantitative estimate of drug-likeness (QED) is 0.729. The Hall–Kier alpha value is -1.00. The van der Waals surface area contributed by atoms with Crippen molar-refractivity contribution in [2.45, 2.75) is 0 Å². The van der Waals surface area contributed by atoms with Crippen LogP contribution in [0.25, 0.3) is 10.9 Å². The molecule has 2 aromatic heterocycles. The van der Waals surface area contributed by atoms with E-state index in [1.165, 1.54) is 10.9 Å². The first-order chi connectivity index (χ1) is 6.11. The van der Waals surface area contributed by atoms with Crippen molar-refractivity contribution in [1.29, 1.82) is 0 Å². The average molecular weight is 218 g/mol. The number of fused-ring (bicyclic) bond motifs is 1. The van der Waals surface area contributed by atoms with Gasteiger partial charge >= 0.3 is 0 Å². The number of H-pyrrole nitrogens is 1. The number of aromatic amines is 1. The van der Waals surface area contributed by atoms with E-state index in [1.807, 2.05) is 0 Å². The molecule has 0 aliphatic rings. The van der Waals surface area contributed by atoms with Gasteiger partial charge in [-0.2, -0.15) is 5.10 Å². The zero-order chi connectivity index (χ0) is 9.59. The zero-order valence-corrected chi connectivity index (χ0v) is 8.15. The van der Waals surface area contributed by atoms with E-state index in [0.29, 0.717) is 10.9 Å². The molecule has 0 amide bonds. The van der Waals surface area contributed by atoms with Gasteiger partial charge in [0.15, 0.2) is 0 Å². The van der Waals surface area contributed by atoms with Crippen LogP contribution in [0.2, 0.25) is 10.2 Å². The summed E-state index contributed by atoms with van der Waals surface area (Å²) in [5.74, 6) is 0. The van der Waals surface area contributed by atoms with Crippen molar-refractivity contribution < 1.29 is 0 Å². The molecule has 0 aromatic carbocycles. The Bertz CT molecular complexity index is 528. The van der Waals surface area contributed by atoms with E-state index in [4.69, 9.17) is 23.2 Å². The van der Waals surface area contributed by atoms with Crippen LogP contribution < -0.4 is 5.56 Å². The molecule has 0 unspecified atom stereocenters. The smallest absolute Gasteiger partial charge is 0.277 e. The van der Waals surface area contributed by atoms with Crippen LogP contribution >= 0.6 is 23.2 Å². The Morgan fingerprint density at radius 2 is 2.23 bits per heavy atom. The summed E-state index contributed by atoms with van der Waals surface area (Å²) in [5, 5.41) is 4.71. The van der Waals surface area contributed by atoms with Crippen molar-refractivity contribution in [2.75, 3.05) is 0 Å². The molecule has 6 heteroatoms. The van der Waals surface area contributed by atoms with Gasteiger partial charge in [0.2, 0.25) is 0 Å². The van der Waals surface area contributed by atoms with Crippen LogP contribution in [0.3, 0.4) is 0 Å². The lowest BCUT2D eigenvalue weighted by molar-refractivity contribution is 0.718. The number of hydrogen-bond acceptors (Lipinski definition) is 2. The highest BCUT2D eigenvalue weighted by Crippen LogP contribution is 2.27. The van der Waals surface area contributed by atoms with E-state index in [2.05, 4.69) is 10.1 Å². The Morgan fingerprint density at radius 1 is 1.54 bits per heavy atom. The van der Waals surface area contributed by atoms with Crippen molar-refractivity contribution in [3.05, 3.63) is 26.7 Å². The SMILES string of the molecule is Cn1ncc2[nH]c(Cl)c(Cl)c2c1=O. The van der Waals surface area contributed by atoms with Crippen LogP contribution in [0.4, 0.5) is 0 Å². The summed E-state index contributed by atoms with van der Waals surface area (Å²) in [6, 6.07) is 0. The highest BCUT2D eigenvalue weighted by Gasteiger charge is 2.11. The summed E-state index contributed by atoms with van der Waals surface area (Å²) in [4.78, 5) is 14.3. The predicted molar refractivity (Wildman–Crippen MR) is 51.4 cm³/mol. The molecule has 2 rings (SSSR count). The molecular weight excluding hydrogens is 213 g/mol. The van der Waals surface area contributed by atoms with Gasteiger partial charge in [0.1, 0.15) is 5.15 Å². The molecule has 0 saturated heterocycles. The maximum atomic E-state index is 11.5. The minimum Gasteiger partial charge on any atom is -0.343 e. The second-order valence-electron chi connectivity index (χ2n) is 2.61. The van der Waals surface area contributed by atoms with Crippen molar-refractivity contribution in [3.63, 3.8) is 0 Å². The maximum absolute atomic E-state index is 11.5. The second-order valence-corrected chi connectivity index (χ2v) is 3.37. The molecule has 1 N–H and O–H groups in total. The summed E-state index contributed by atoms with van der Waals surface area (Å²) >= 11 is 11.5. The van der Waals surface area contributed by atoms with Crippen LogP contribution in [-0.2, 0) is 7.05 Å². The van der Waals surface area contributed by atoms with E-state index < -0.39 is 0 Å². The molecular formula is C7H5Cl2N3O. The van der Waals surface area contributed by atoms with E-state index in [-0.39, 0.29) is 15.7 Å². The standard InChI is InChI=1S/C7H5Cl2N3O/c1-12-7(13)4-3(2-10-12)11-6(9)5(4)8/h2,11H,1H3. The third kappa shape index (κ3) is 1.14. The molecule has 2 heterocycles. The monoisotopic (exact) mass is 217 g/mol. The number of halogens is 2. The molecule has 2 aromatic rings. The van der Waals surface area contributed by atoms with Gasteiger partial charge in [-0.05, 0) is 0 Å². The Kier molecular flexibility index (Phi) is 1.82. The van der Waals surface area contributed by atoms with Crippen LogP contribution in [-0.4, -0.2) is 14.8 Å². The Morgan fingerprint density at radius 3 is 2.92 bits per heavy atom.